The van der Waals surface area contributed by atoms with Crippen LogP contribution in [0.1, 0.15) is 60.3 Å². The predicted molar refractivity (Wildman–Crippen MR) is 89.9 cm³/mol. The van der Waals surface area contributed by atoms with Gasteiger partial charge in [-0.25, -0.2) is 4.79 Å². The fraction of sp³-hybridized carbons (Fsp3) is 0.706. The van der Waals surface area contributed by atoms with Crippen LogP contribution in [0.3, 0.4) is 0 Å². The highest BCUT2D eigenvalue weighted by Gasteiger charge is 2.28. The zero-order valence-corrected chi connectivity index (χ0v) is 15.0. The number of nitrogens with one attached hydrogen (secondary N) is 1. The molecule has 0 spiro atoms. The highest BCUT2D eigenvalue weighted by Crippen LogP contribution is 2.36. The highest BCUT2D eigenvalue weighted by atomic mass is 35.5. The number of alkyl carbamates (subject to hydrolysis) is 1. The van der Waals surface area contributed by atoms with Gasteiger partial charge < -0.3 is 14.8 Å². The van der Waals surface area contributed by atoms with Gasteiger partial charge in [0.15, 0.2) is 0 Å². The summed E-state index contributed by atoms with van der Waals surface area (Å²) < 4.78 is 11.0. The van der Waals surface area contributed by atoms with Crippen LogP contribution in [0.5, 0.6) is 0 Å². The molecule has 5 heteroatoms. The first kappa shape index (κ1) is 18.9. The number of hydrogen-bond acceptors (Lipinski definition) is 3. The summed E-state index contributed by atoms with van der Waals surface area (Å²) in [5, 5.41) is 3.45. The molecule has 126 valence electrons. The van der Waals surface area contributed by atoms with Gasteiger partial charge in [0, 0.05) is 6.42 Å². The maximum absolute atomic E-state index is 11.6. The van der Waals surface area contributed by atoms with Crippen molar-refractivity contribution in [3.63, 3.8) is 0 Å². The molecule has 1 aliphatic carbocycles. The Hall–Kier alpha value is -1.16. The van der Waals surface area contributed by atoms with Gasteiger partial charge in [0.25, 0.3) is 0 Å². The number of amides is 1. The summed E-state index contributed by atoms with van der Waals surface area (Å²) in [6.07, 6.45) is 5.49. The van der Waals surface area contributed by atoms with Gasteiger partial charge in [0.2, 0.25) is 0 Å². The van der Waals surface area contributed by atoms with Gasteiger partial charge in [-0.3, -0.25) is 0 Å². The fourth-order valence-corrected chi connectivity index (χ4v) is 2.65. The second-order valence-corrected chi connectivity index (χ2v) is 6.61. The van der Waals surface area contributed by atoms with Crippen molar-refractivity contribution >= 4 is 17.7 Å². The SMILES string of the molecule is CC.CC(C)(C)OC(=O)NCC1CC2=C(O1)C(Cl)=CCCC2. The highest BCUT2D eigenvalue weighted by molar-refractivity contribution is 6.31. The van der Waals surface area contributed by atoms with Crippen LogP contribution in [0.15, 0.2) is 22.4 Å². The van der Waals surface area contributed by atoms with Crippen LogP contribution in [0.4, 0.5) is 4.79 Å². The Morgan fingerprint density at radius 1 is 1.45 bits per heavy atom. The van der Waals surface area contributed by atoms with Crippen molar-refractivity contribution < 1.29 is 14.3 Å². The third-order valence-corrected chi connectivity index (χ3v) is 3.50. The lowest BCUT2D eigenvalue weighted by Gasteiger charge is -2.21. The molecule has 1 N–H and O–H groups in total. The molecule has 0 aromatic rings. The van der Waals surface area contributed by atoms with E-state index in [2.05, 4.69) is 5.32 Å². The van der Waals surface area contributed by atoms with Gasteiger partial charge in [0.1, 0.15) is 17.5 Å². The lowest BCUT2D eigenvalue weighted by atomic mass is 10.0. The monoisotopic (exact) mass is 329 g/mol. The van der Waals surface area contributed by atoms with E-state index >= 15 is 0 Å². The van der Waals surface area contributed by atoms with Gasteiger partial charge in [-0.05, 0) is 45.6 Å². The van der Waals surface area contributed by atoms with E-state index in [0.29, 0.717) is 11.6 Å². The predicted octanol–water partition coefficient (Wildman–Crippen LogP) is 4.89. The molecule has 1 atom stereocenters. The van der Waals surface area contributed by atoms with Crippen LogP contribution in [0, 0.1) is 0 Å². The van der Waals surface area contributed by atoms with Crippen LogP contribution in [-0.2, 0) is 9.47 Å². The Bertz CT molecular complexity index is 449. The normalized spacial score (nSPS) is 20.8. The molecule has 1 amide bonds. The van der Waals surface area contributed by atoms with Gasteiger partial charge in [-0.1, -0.05) is 31.5 Å². The molecule has 0 aromatic heterocycles. The molecule has 0 saturated carbocycles. The minimum atomic E-state index is -0.484. The topological polar surface area (TPSA) is 47.6 Å². The molecule has 1 unspecified atom stereocenters. The minimum absolute atomic E-state index is 0.0484. The second-order valence-electron chi connectivity index (χ2n) is 6.20. The first-order chi connectivity index (χ1) is 10.3. The van der Waals surface area contributed by atoms with E-state index in [1.54, 1.807) is 0 Å². The van der Waals surface area contributed by atoms with Gasteiger partial charge >= 0.3 is 6.09 Å². The van der Waals surface area contributed by atoms with Gasteiger partial charge in [-0.15, -0.1) is 0 Å². The standard InChI is InChI=1S/C15H22ClNO3.C2H6/c1-15(2,3)20-14(18)17-9-11-8-10-6-4-5-7-12(16)13(10)19-11;1-2/h7,11H,4-6,8-9H2,1-3H3,(H,17,18);1-2H3. The summed E-state index contributed by atoms with van der Waals surface area (Å²) >= 11 is 6.20. The summed E-state index contributed by atoms with van der Waals surface area (Å²) in [7, 11) is 0. The van der Waals surface area contributed by atoms with Crippen LogP contribution < -0.4 is 5.32 Å². The summed E-state index contributed by atoms with van der Waals surface area (Å²) in [6, 6.07) is 0. The summed E-state index contributed by atoms with van der Waals surface area (Å²) in [5.41, 5.74) is 0.780. The first-order valence-corrected chi connectivity index (χ1v) is 8.44. The number of hydrogen-bond donors (Lipinski definition) is 1. The fourth-order valence-electron chi connectivity index (χ4n) is 2.36. The third-order valence-electron chi connectivity index (χ3n) is 3.18. The number of carbonyl (C=O) groups is 1. The van der Waals surface area contributed by atoms with Crippen molar-refractivity contribution in [3.8, 4) is 0 Å². The van der Waals surface area contributed by atoms with Crippen molar-refractivity contribution in [1.29, 1.82) is 0 Å². The Morgan fingerprint density at radius 3 is 2.77 bits per heavy atom. The van der Waals surface area contributed by atoms with E-state index < -0.39 is 11.7 Å². The molecular weight excluding hydrogens is 302 g/mol. The molecular formula is C17H28ClNO3. The molecule has 1 aliphatic heterocycles. The Morgan fingerprint density at radius 2 is 2.14 bits per heavy atom. The maximum Gasteiger partial charge on any atom is 0.407 e. The number of ether oxygens (including phenoxy) is 2. The van der Waals surface area contributed by atoms with Crippen molar-refractivity contribution in [2.24, 2.45) is 0 Å². The zero-order valence-electron chi connectivity index (χ0n) is 14.3. The average molecular weight is 330 g/mol. The molecule has 4 nitrogen and oxygen atoms in total. The van der Waals surface area contributed by atoms with E-state index in [4.69, 9.17) is 21.1 Å². The van der Waals surface area contributed by atoms with Crippen LogP contribution in [-0.4, -0.2) is 24.3 Å². The third kappa shape index (κ3) is 5.91. The number of halogens is 1. The lowest BCUT2D eigenvalue weighted by Crippen LogP contribution is -2.36. The summed E-state index contributed by atoms with van der Waals surface area (Å²) in [4.78, 5) is 11.6. The van der Waals surface area contributed by atoms with Crippen molar-refractivity contribution in [2.45, 2.75) is 72.0 Å². The molecule has 0 radical (unpaired) electrons. The number of allylic oxidation sites excluding steroid dienone is 2. The van der Waals surface area contributed by atoms with Gasteiger partial charge in [-0.2, -0.15) is 0 Å². The second kappa shape index (κ2) is 8.47. The van der Waals surface area contributed by atoms with Crippen LogP contribution in [0.2, 0.25) is 0 Å². The quantitative estimate of drug-likeness (QED) is 0.784. The largest absolute Gasteiger partial charge is 0.487 e. The van der Waals surface area contributed by atoms with E-state index in [1.165, 1.54) is 5.57 Å². The Labute approximate surface area is 138 Å². The molecule has 0 aromatic carbocycles. The van der Waals surface area contributed by atoms with E-state index in [9.17, 15) is 4.79 Å². The Kier molecular flexibility index (Phi) is 7.27. The van der Waals surface area contributed by atoms with E-state index in [1.807, 2.05) is 40.7 Å². The molecule has 22 heavy (non-hydrogen) atoms. The zero-order chi connectivity index (χ0) is 16.8. The maximum atomic E-state index is 11.6. The van der Waals surface area contributed by atoms with Crippen LogP contribution in [0.25, 0.3) is 0 Å². The summed E-state index contributed by atoms with van der Waals surface area (Å²) in [5.74, 6) is 0.820. The minimum Gasteiger partial charge on any atom is -0.487 e. The number of rotatable bonds is 2. The van der Waals surface area contributed by atoms with Gasteiger partial charge in [0.05, 0.1) is 11.6 Å². The van der Waals surface area contributed by atoms with E-state index in [0.717, 1.165) is 31.4 Å². The van der Waals surface area contributed by atoms with Crippen molar-refractivity contribution in [2.75, 3.05) is 6.54 Å². The first-order valence-electron chi connectivity index (χ1n) is 8.07. The molecule has 2 rings (SSSR count). The lowest BCUT2D eigenvalue weighted by molar-refractivity contribution is 0.0488. The van der Waals surface area contributed by atoms with Crippen molar-refractivity contribution in [3.05, 3.63) is 22.4 Å². The smallest absolute Gasteiger partial charge is 0.407 e. The average Bonchev–Trinajstić information content (AvgIpc) is 2.77. The van der Waals surface area contributed by atoms with Crippen molar-refractivity contribution in [1.82, 2.24) is 5.32 Å². The Balaban J connectivity index is 0.00000116. The number of carbonyl (C=O) groups excluding carboxylic acids is 1. The molecule has 2 aliphatic rings. The summed E-state index contributed by atoms with van der Waals surface area (Å²) in [6.45, 7) is 9.96. The molecule has 1 heterocycles. The van der Waals surface area contributed by atoms with E-state index in [-0.39, 0.29) is 6.10 Å². The molecule has 0 saturated heterocycles. The molecule has 0 fully saturated rings. The van der Waals surface area contributed by atoms with Crippen LogP contribution >= 0.6 is 11.6 Å². The molecule has 0 bridgehead atoms.